The molecule has 3 aromatic rings. The van der Waals surface area contributed by atoms with Gasteiger partial charge in [-0.15, -0.1) is 0 Å². The molecule has 0 radical (unpaired) electrons. The van der Waals surface area contributed by atoms with Crippen molar-refractivity contribution in [1.29, 1.82) is 0 Å². The van der Waals surface area contributed by atoms with E-state index in [1.54, 1.807) is 31.4 Å². The van der Waals surface area contributed by atoms with Crippen LogP contribution in [0.5, 0.6) is 5.75 Å². The molecule has 1 saturated heterocycles. The molecule has 2 atom stereocenters. The smallest absolute Gasteiger partial charge is 0.345 e. The van der Waals surface area contributed by atoms with Crippen LogP contribution in [0.25, 0.3) is 10.9 Å². The van der Waals surface area contributed by atoms with Gasteiger partial charge in [0.1, 0.15) is 5.75 Å². The summed E-state index contributed by atoms with van der Waals surface area (Å²) in [5.74, 6) is -1.34. The Morgan fingerprint density at radius 1 is 1.02 bits per heavy atom. The van der Waals surface area contributed by atoms with Crippen molar-refractivity contribution in [2.45, 2.75) is 39.0 Å². The molecule has 216 valence electrons. The number of H-pyrrole nitrogens is 1. The predicted molar refractivity (Wildman–Crippen MR) is 157 cm³/mol. The number of unbranched alkanes of at least 4 members (excludes halogenated alkanes) is 2. The molecule has 8 nitrogen and oxygen atoms in total. The van der Waals surface area contributed by atoms with Crippen LogP contribution in [0.2, 0.25) is 5.02 Å². The number of rotatable bonds is 12. The summed E-state index contributed by atoms with van der Waals surface area (Å²) < 4.78 is 11.0. The van der Waals surface area contributed by atoms with E-state index in [2.05, 4.69) is 21.7 Å². The van der Waals surface area contributed by atoms with Crippen molar-refractivity contribution in [3.8, 4) is 5.75 Å². The minimum absolute atomic E-state index is 0.120. The van der Waals surface area contributed by atoms with Crippen LogP contribution in [0.4, 0.5) is 0 Å². The lowest BCUT2D eigenvalue weighted by atomic mass is 9.84. The summed E-state index contributed by atoms with van der Waals surface area (Å²) in [5.41, 5.74) is 2.87. The molecule has 1 aliphatic heterocycles. The van der Waals surface area contributed by atoms with Crippen LogP contribution in [-0.2, 0) is 9.53 Å². The highest BCUT2D eigenvalue weighted by molar-refractivity contribution is 6.30. The summed E-state index contributed by atoms with van der Waals surface area (Å²) in [7, 11) is 1.62. The Balaban J connectivity index is 1.54. The number of fused-ring (bicyclic) bond motifs is 1. The zero-order chi connectivity index (χ0) is 28.6. The summed E-state index contributed by atoms with van der Waals surface area (Å²) in [5, 5.41) is 10.4. The monoisotopic (exact) mass is 569 g/mol. The number of aliphatic hydroxyl groups is 1. The number of hydrogen-bond donors (Lipinski definition) is 2. The van der Waals surface area contributed by atoms with E-state index in [0.717, 1.165) is 74.1 Å². The lowest BCUT2D eigenvalue weighted by Crippen LogP contribution is -2.48. The van der Waals surface area contributed by atoms with Gasteiger partial charge in [0.15, 0.2) is 0 Å². The molecule has 4 rings (SSSR count). The number of aryl methyl sites for hydroxylation is 1. The van der Waals surface area contributed by atoms with E-state index >= 15 is 0 Å². The van der Waals surface area contributed by atoms with Crippen molar-refractivity contribution in [3.63, 3.8) is 0 Å². The van der Waals surface area contributed by atoms with Gasteiger partial charge in [0, 0.05) is 61.0 Å². The van der Waals surface area contributed by atoms with Crippen LogP contribution in [-0.4, -0.2) is 84.8 Å². The SMILES string of the molecule is COc1ccc2[nH]c(C)c(C(C(=O)OC(=O)c3ccc(Cl)cc3)C(C)CN3CCN(CCCCCO)CC3)c2c1. The molecule has 1 aliphatic rings. The first-order chi connectivity index (χ1) is 19.3. The number of esters is 2. The standard InChI is InChI=1S/C31H40ClN3O5/c1-21(20-35-16-14-34(15-17-35)13-5-4-6-18-36)28(31(38)40-30(37)23-7-9-24(32)10-8-23)29-22(2)33-27-12-11-25(39-3)19-26(27)29/h7-12,19,21,28,33,36H,4-6,13-18,20H2,1-3H3. The highest BCUT2D eigenvalue weighted by atomic mass is 35.5. The zero-order valence-electron chi connectivity index (χ0n) is 23.6. The van der Waals surface area contributed by atoms with Gasteiger partial charge in [-0.25, -0.2) is 4.79 Å². The molecule has 1 aromatic heterocycles. The fourth-order valence-corrected chi connectivity index (χ4v) is 5.75. The lowest BCUT2D eigenvalue weighted by molar-refractivity contribution is -0.141. The average Bonchev–Trinajstić information content (AvgIpc) is 3.27. The van der Waals surface area contributed by atoms with Crippen molar-refractivity contribution in [2.75, 3.05) is 53.0 Å². The summed E-state index contributed by atoms with van der Waals surface area (Å²) in [6, 6.07) is 12.1. The Kier molecular flexibility index (Phi) is 10.6. The maximum Gasteiger partial charge on any atom is 0.345 e. The number of aliphatic hydroxyl groups excluding tert-OH is 1. The van der Waals surface area contributed by atoms with Crippen molar-refractivity contribution >= 4 is 34.4 Å². The van der Waals surface area contributed by atoms with E-state index in [1.165, 1.54) is 0 Å². The molecule has 0 amide bonds. The molecular formula is C31H40ClN3O5. The fraction of sp³-hybridized carbons (Fsp3) is 0.484. The highest BCUT2D eigenvalue weighted by Gasteiger charge is 2.35. The van der Waals surface area contributed by atoms with Crippen LogP contribution in [0.1, 0.15) is 53.7 Å². The number of ether oxygens (including phenoxy) is 2. The molecule has 2 aromatic carbocycles. The van der Waals surface area contributed by atoms with Crippen LogP contribution < -0.4 is 4.74 Å². The largest absolute Gasteiger partial charge is 0.497 e. The number of piperazine rings is 1. The normalized spacial score (nSPS) is 16.1. The number of aromatic nitrogens is 1. The fourth-order valence-electron chi connectivity index (χ4n) is 5.62. The number of halogens is 1. The van der Waals surface area contributed by atoms with E-state index < -0.39 is 17.9 Å². The van der Waals surface area contributed by atoms with Crippen molar-refractivity contribution in [2.24, 2.45) is 5.92 Å². The summed E-state index contributed by atoms with van der Waals surface area (Å²) in [6.45, 7) is 9.77. The van der Waals surface area contributed by atoms with Crippen molar-refractivity contribution in [1.82, 2.24) is 14.8 Å². The number of benzene rings is 2. The number of carbonyl (C=O) groups is 2. The van der Waals surface area contributed by atoms with E-state index in [-0.39, 0.29) is 18.1 Å². The summed E-state index contributed by atoms with van der Waals surface area (Å²) >= 11 is 5.97. The molecule has 2 N–H and O–H groups in total. The third-order valence-corrected chi connectivity index (χ3v) is 8.05. The van der Waals surface area contributed by atoms with Crippen LogP contribution in [0.3, 0.4) is 0 Å². The average molecular weight is 570 g/mol. The molecular weight excluding hydrogens is 530 g/mol. The van der Waals surface area contributed by atoms with Crippen molar-refractivity contribution < 1.29 is 24.2 Å². The summed E-state index contributed by atoms with van der Waals surface area (Å²) in [6.07, 6.45) is 2.99. The van der Waals surface area contributed by atoms with Gasteiger partial charge in [-0.1, -0.05) is 18.5 Å². The second-order valence-corrected chi connectivity index (χ2v) is 11.1. The van der Waals surface area contributed by atoms with Crippen molar-refractivity contribution in [3.05, 3.63) is 64.3 Å². The Bertz CT molecular complexity index is 1280. The number of nitrogens with zero attached hydrogens (tertiary/aromatic N) is 2. The van der Waals surface area contributed by atoms with E-state index in [4.69, 9.17) is 26.2 Å². The van der Waals surface area contributed by atoms with Gasteiger partial charge in [-0.05, 0) is 86.7 Å². The molecule has 0 aliphatic carbocycles. The molecule has 0 bridgehead atoms. The first kappa shape index (κ1) is 30.1. The number of hydrogen-bond acceptors (Lipinski definition) is 7. The van der Waals surface area contributed by atoms with Gasteiger partial charge in [0.2, 0.25) is 0 Å². The third kappa shape index (κ3) is 7.43. The summed E-state index contributed by atoms with van der Waals surface area (Å²) in [4.78, 5) is 35.0. The van der Waals surface area contributed by atoms with Gasteiger partial charge in [0.25, 0.3) is 0 Å². The van der Waals surface area contributed by atoms with Crippen LogP contribution in [0.15, 0.2) is 42.5 Å². The first-order valence-corrected chi connectivity index (χ1v) is 14.4. The molecule has 0 saturated carbocycles. The number of methoxy groups -OCH3 is 1. The number of aromatic amines is 1. The topological polar surface area (TPSA) is 95.1 Å². The molecule has 9 heteroatoms. The van der Waals surface area contributed by atoms with Gasteiger partial charge in [0.05, 0.1) is 18.6 Å². The Morgan fingerprint density at radius 3 is 2.40 bits per heavy atom. The lowest BCUT2D eigenvalue weighted by Gasteiger charge is -2.37. The van der Waals surface area contributed by atoms with Crippen LogP contribution >= 0.6 is 11.6 Å². The van der Waals surface area contributed by atoms with E-state index in [9.17, 15) is 9.59 Å². The molecule has 0 spiro atoms. The van der Waals surface area contributed by atoms with Gasteiger partial charge in [-0.3, -0.25) is 4.79 Å². The second kappa shape index (κ2) is 14.1. The molecule has 2 unspecified atom stereocenters. The van der Waals surface area contributed by atoms with E-state index in [0.29, 0.717) is 17.3 Å². The number of nitrogens with one attached hydrogen (secondary N) is 1. The second-order valence-electron chi connectivity index (χ2n) is 10.7. The molecule has 40 heavy (non-hydrogen) atoms. The minimum Gasteiger partial charge on any atom is -0.497 e. The van der Waals surface area contributed by atoms with Crippen LogP contribution in [0, 0.1) is 12.8 Å². The maximum absolute atomic E-state index is 13.8. The first-order valence-electron chi connectivity index (χ1n) is 14.0. The zero-order valence-corrected chi connectivity index (χ0v) is 24.4. The predicted octanol–water partition coefficient (Wildman–Crippen LogP) is 5.02. The van der Waals surface area contributed by atoms with Gasteiger partial charge in [-0.2, -0.15) is 0 Å². The maximum atomic E-state index is 13.8. The Hall–Kier alpha value is -2.91. The third-order valence-electron chi connectivity index (χ3n) is 7.79. The van der Waals surface area contributed by atoms with Gasteiger partial charge < -0.3 is 29.4 Å². The quantitative estimate of drug-likeness (QED) is 0.180. The molecule has 2 heterocycles. The Labute approximate surface area is 241 Å². The minimum atomic E-state index is -0.691. The van der Waals surface area contributed by atoms with Gasteiger partial charge >= 0.3 is 11.9 Å². The molecule has 1 fully saturated rings. The van der Waals surface area contributed by atoms with E-state index in [1.807, 2.05) is 25.1 Å². The number of carbonyl (C=O) groups excluding carboxylic acids is 2. The highest BCUT2D eigenvalue weighted by Crippen LogP contribution is 2.37. The Morgan fingerprint density at radius 2 is 1.73 bits per heavy atom.